The Morgan fingerprint density at radius 3 is 2.23 bits per heavy atom. The zero-order valence-electron chi connectivity index (χ0n) is 6.85. The predicted octanol–water partition coefficient (Wildman–Crippen LogP) is -1.56. The molecule has 0 heterocycles. The second-order valence-corrected chi connectivity index (χ2v) is 2.15. The van der Waals surface area contributed by atoms with E-state index in [2.05, 4.69) is 5.32 Å². The lowest BCUT2D eigenvalue weighted by molar-refractivity contribution is -0.139. The molecule has 0 rings (SSSR count). The lowest BCUT2D eigenvalue weighted by Crippen LogP contribution is -2.43. The van der Waals surface area contributed by atoms with E-state index in [0.29, 0.717) is 0 Å². The van der Waals surface area contributed by atoms with Crippen LogP contribution in [0.5, 0.6) is 0 Å². The Morgan fingerprint density at radius 1 is 1.23 bits per heavy atom. The third-order valence-electron chi connectivity index (χ3n) is 1.05. The summed E-state index contributed by atoms with van der Waals surface area (Å²) in [6, 6.07) is 0. The first-order chi connectivity index (χ1) is 6.07. The number of nitrogens with two attached hydrogens (primary N) is 1. The van der Waals surface area contributed by atoms with Gasteiger partial charge >= 0.3 is 11.8 Å². The highest BCUT2D eigenvalue weighted by molar-refractivity contribution is 6.35. The molecular formula is C6H11F2N3O2. The molecule has 0 aliphatic rings. The summed E-state index contributed by atoms with van der Waals surface area (Å²) in [5, 5.41) is 3.88. The molecule has 0 saturated carbocycles. The van der Waals surface area contributed by atoms with E-state index >= 15 is 0 Å². The summed E-state index contributed by atoms with van der Waals surface area (Å²) < 4.78 is 23.1. The van der Waals surface area contributed by atoms with Crippen LogP contribution in [0.15, 0.2) is 0 Å². The molecule has 0 aromatic rings. The molecule has 0 unspecified atom stereocenters. The molecule has 0 radical (unpaired) electrons. The van der Waals surface area contributed by atoms with Crippen molar-refractivity contribution in [1.82, 2.24) is 10.6 Å². The molecule has 2 amide bonds. The van der Waals surface area contributed by atoms with Gasteiger partial charge < -0.3 is 16.4 Å². The number of rotatable bonds is 4. The molecule has 7 heteroatoms. The molecule has 0 aromatic carbocycles. The number of halogens is 2. The van der Waals surface area contributed by atoms with E-state index < -0.39 is 24.8 Å². The minimum Gasteiger partial charge on any atom is -0.347 e. The highest BCUT2D eigenvalue weighted by atomic mass is 19.3. The summed E-state index contributed by atoms with van der Waals surface area (Å²) in [4.78, 5) is 21.3. The van der Waals surface area contributed by atoms with Crippen LogP contribution < -0.4 is 16.4 Å². The first-order valence-corrected chi connectivity index (χ1v) is 3.62. The molecule has 0 aliphatic carbocycles. The third kappa shape index (κ3) is 5.97. The fourth-order valence-electron chi connectivity index (χ4n) is 0.516. The normalized spacial score (nSPS) is 9.85. The highest BCUT2D eigenvalue weighted by Crippen LogP contribution is 1.87. The smallest absolute Gasteiger partial charge is 0.309 e. The Bertz CT molecular complexity index is 187. The van der Waals surface area contributed by atoms with Crippen molar-refractivity contribution < 1.29 is 18.4 Å². The van der Waals surface area contributed by atoms with Gasteiger partial charge in [0, 0.05) is 13.1 Å². The molecular weight excluding hydrogens is 184 g/mol. The van der Waals surface area contributed by atoms with Crippen molar-refractivity contribution in [3.63, 3.8) is 0 Å². The molecule has 4 N–H and O–H groups in total. The summed E-state index contributed by atoms with van der Waals surface area (Å²) in [7, 11) is 0. The fraction of sp³-hybridized carbons (Fsp3) is 0.667. The van der Waals surface area contributed by atoms with Crippen LogP contribution in [0.4, 0.5) is 8.78 Å². The van der Waals surface area contributed by atoms with Crippen molar-refractivity contribution in [2.75, 3.05) is 19.6 Å². The Balaban J connectivity index is 3.64. The predicted molar refractivity (Wildman–Crippen MR) is 41.1 cm³/mol. The SMILES string of the molecule is NCCNC(=O)C(=O)NCC(F)F. The van der Waals surface area contributed by atoms with E-state index in [4.69, 9.17) is 5.73 Å². The van der Waals surface area contributed by atoms with Crippen LogP contribution in [-0.2, 0) is 9.59 Å². The number of amides is 2. The zero-order chi connectivity index (χ0) is 10.3. The van der Waals surface area contributed by atoms with Crippen LogP contribution >= 0.6 is 0 Å². The molecule has 0 bridgehead atoms. The van der Waals surface area contributed by atoms with Gasteiger partial charge in [0.15, 0.2) is 0 Å². The molecule has 0 fully saturated rings. The third-order valence-corrected chi connectivity index (χ3v) is 1.05. The number of carbonyl (C=O) groups excluding carboxylic acids is 2. The Hall–Kier alpha value is -1.24. The summed E-state index contributed by atoms with van der Waals surface area (Å²) in [5.74, 6) is -2.03. The quantitative estimate of drug-likeness (QED) is 0.474. The van der Waals surface area contributed by atoms with Gasteiger partial charge in [-0.05, 0) is 0 Å². The Kier molecular flexibility index (Phi) is 5.69. The van der Waals surface area contributed by atoms with E-state index in [9.17, 15) is 18.4 Å². The lowest BCUT2D eigenvalue weighted by atomic mass is 10.5. The summed E-state index contributed by atoms with van der Waals surface area (Å²) >= 11 is 0. The van der Waals surface area contributed by atoms with Gasteiger partial charge in [0.25, 0.3) is 6.43 Å². The monoisotopic (exact) mass is 195 g/mol. The van der Waals surface area contributed by atoms with Gasteiger partial charge in [0.2, 0.25) is 0 Å². The van der Waals surface area contributed by atoms with Gasteiger partial charge in [-0.1, -0.05) is 0 Å². The number of nitrogens with one attached hydrogen (secondary N) is 2. The average Bonchev–Trinajstić information content (AvgIpc) is 2.10. The molecule has 5 nitrogen and oxygen atoms in total. The van der Waals surface area contributed by atoms with Gasteiger partial charge in [-0.15, -0.1) is 0 Å². The number of carbonyl (C=O) groups is 2. The van der Waals surface area contributed by atoms with E-state index in [0.717, 1.165) is 0 Å². The van der Waals surface area contributed by atoms with Crippen LogP contribution in [-0.4, -0.2) is 37.9 Å². The maximum atomic E-state index is 11.5. The van der Waals surface area contributed by atoms with Crippen molar-refractivity contribution >= 4 is 11.8 Å². The van der Waals surface area contributed by atoms with Gasteiger partial charge in [-0.3, -0.25) is 9.59 Å². The van der Waals surface area contributed by atoms with Crippen LogP contribution in [0.25, 0.3) is 0 Å². The minimum absolute atomic E-state index is 0.140. The maximum absolute atomic E-state index is 11.5. The second-order valence-electron chi connectivity index (χ2n) is 2.15. The standard InChI is InChI=1S/C6H11F2N3O2/c7-4(8)3-11-6(13)5(12)10-2-1-9/h4H,1-3,9H2,(H,10,12)(H,11,13). The van der Waals surface area contributed by atoms with Crippen LogP contribution in [0, 0.1) is 0 Å². The molecule has 76 valence electrons. The maximum Gasteiger partial charge on any atom is 0.309 e. The topological polar surface area (TPSA) is 84.2 Å². The largest absolute Gasteiger partial charge is 0.347 e. The first-order valence-electron chi connectivity index (χ1n) is 3.62. The summed E-state index contributed by atoms with van der Waals surface area (Å²) in [6.45, 7) is -0.496. The fourth-order valence-corrected chi connectivity index (χ4v) is 0.516. The number of hydrogen-bond donors (Lipinski definition) is 3. The van der Waals surface area contributed by atoms with Crippen LogP contribution in [0.1, 0.15) is 0 Å². The van der Waals surface area contributed by atoms with Gasteiger partial charge in [-0.25, -0.2) is 8.78 Å². The highest BCUT2D eigenvalue weighted by Gasteiger charge is 2.13. The first kappa shape index (κ1) is 11.8. The second kappa shape index (κ2) is 6.30. The summed E-state index contributed by atoms with van der Waals surface area (Å²) in [6.07, 6.45) is -2.66. The minimum atomic E-state index is -2.66. The molecule has 0 aliphatic heterocycles. The van der Waals surface area contributed by atoms with Crippen LogP contribution in [0.3, 0.4) is 0 Å². The molecule has 0 aromatic heterocycles. The lowest BCUT2D eigenvalue weighted by Gasteiger charge is -2.04. The van der Waals surface area contributed by atoms with Crippen molar-refractivity contribution in [3.8, 4) is 0 Å². The van der Waals surface area contributed by atoms with E-state index in [1.54, 1.807) is 5.32 Å². The number of hydrogen-bond acceptors (Lipinski definition) is 3. The molecule has 0 spiro atoms. The van der Waals surface area contributed by atoms with Crippen molar-refractivity contribution in [2.24, 2.45) is 5.73 Å². The average molecular weight is 195 g/mol. The van der Waals surface area contributed by atoms with Crippen molar-refractivity contribution in [3.05, 3.63) is 0 Å². The summed E-state index contributed by atoms with van der Waals surface area (Å²) in [5.41, 5.74) is 5.03. The van der Waals surface area contributed by atoms with Gasteiger partial charge in [-0.2, -0.15) is 0 Å². The molecule has 0 atom stereocenters. The van der Waals surface area contributed by atoms with Crippen LogP contribution in [0.2, 0.25) is 0 Å². The van der Waals surface area contributed by atoms with E-state index in [-0.39, 0.29) is 13.1 Å². The van der Waals surface area contributed by atoms with Gasteiger partial charge in [0.05, 0.1) is 6.54 Å². The molecule has 0 saturated heterocycles. The molecule has 13 heavy (non-hydrogen) atoms. The van der Waals surface area contributed by atoms with E-state index in [1.807, 2.05) is 0 Å². The van der Waals surface area contributed by atoms with E-state index in [1.165, 1.54) is 0 Å². The van der Waals surface area contributed by atoms with Gasteiger partial charge in [0.1, 0.15) is 0 Å². The Labute approximate surface area is 73.7 Å². The van der Waals surface area contributed by atoms with Crippen molar-refractivity contribution in [1.29, 1.82) is 0 Å². The zero-order valence-corrected chi connectivity index (χ0v) is 6.85. The van der Waals surface area contributed by atoms with Crippen molar-refractivity contribution in [2.45, 2.75) is 6.43 Å². The Morgan fingerprint density at radius 2 is 1.77 bits per heavy atom. The number of alkyl halides is 2.